The number of anilines is 1. The zero-order chi connectivity index (χ0) is 17.3. The number of rotatable bonds is 3. The molecule has 8 heteroatoms. The molecule has 3 rings (SSSR count). The van der Waals surface area contributed by atoms with E-state index >= 15 is 0 Å². The molecule has 0 atom stereocenters. The van der Waals surface area contributed by atoms with Crippen LogP contribution in [0.3, 0.4) is 0 Å². The summed E-state index contributed by atoms with van der Waals surface area (Å²) in [6.07, 6.45) is 2.27. The van der Waals surface area contributed by atoms with Crippen LogP contribution >= 0.6 is 0 Å². The van der Waals surface area contributed by atoms with E-state index in [2.05, 4.69) is 15.3 Å². The molecule has 0 fully saturated rings. The Morgan fingerprint density at radius 1 is 1.12 bits per heavy atom. The number of hydrogen-bond donors (Lipinski definition) is 1. The van der Waals surface area contributed by atoms with Gasteiger partial charge in [-0.25, -0.2) is 17.8 Å². The molecule has 0 spiro atoms. The van der Waals surface area contributed by atoms with Gasteiger partial charge < -0.3 is 5.32 Å². The van der Waals surface area contributed by atoms with Crippen molar-refractivity contribution in [1.29, 1.82) is 0 Å². The number of nitrogens with zero attached hydrogens (tertiary/aromatic N) is 2. The molecule has 0 aliphatic heterocycles. The number of carbonyl (C=O) groups excluding carboxylic acids is 1. The van der Waals surface area contributed by atoms with Crippen molar-refractivity contribution in [2.75, 3.05) is 11.6 Å². The van der Waals surface area contributed by atoms with E-state index in [1.807, 2.05) is 0 Å². The monoisotopic (exact) mass is 345 g/mol. The van der Waals surface area contributed by atoms with Gasteiger partial charge in [-0.3, -0.25) is 9.78 Å². The largest absolute Gasteiger partial charge is 0.318 e. The first kappa shape index (κ1) is 16.0. The summed E-state index contributed by atoms with van der Waals surface area (Å²) >= 11 is 0. The van der Waals surface area contributed by atoms with Crippen LogP contribution in [-0.4, -0.2) is 30.5 Å². The van der Waals surface area contributed by atoms with Crippen LogP contribution in [0, 0.1) is 5.82 Å². The number of benzene rings is 2. The number of aromatic nitrogens is 2. The van der Waals surface area contributed by atoms with E-state index < -0.39 is 21.6 Å². The molecule has 1 aromatic heterocycles. The van der Waals surface area contributed by atoms with Crippen molar-refractivity contribution in [2.45, 2.75) is 4.90 Å². The Morgan fingerprint density at radius 3 is 2.54 bits per heavy atom. The van der Waals surface area contributed by atoms with Crippen LogP contribution in [0.15, 0.2) is 53.6 Å². The number of carbonyl (C=O) groups is 1. The summed E-state index contributed by atoms with van der Waals surface area (Å²) in [6.45, 7) is 0. The van der Waals surface area contributed by atoms with Crippen LogP contribution in [0.1, 0.15) is 10.5 Å². The third kappa shape index (κ3) is 3.23. The summed E-state index contributed by atoms with van der Waals surface area (Å²) in [5.74, 6) is -1.43. The normalized spacial score (nSPS) is 11.4. The molecule has 1 heterocycles. The molecular formula is C16H12FN3O3S. The summed E-state index contributed by atoms with van der Waals surface area (Å²) < 4.78 is 36.9. The summed E-state index contributed by atoms with van der Waals surface area (Å²) in [6, 6.07) is 10.2. The Balaban J connectivity index is 1.93. The van der Waals surface area contributed by atoms with Gasteiger partial charge >= 0.3 is 0 Å². The van der Waals surface area contributed by atoms with Gasteiger partial charge in [0.05, 0.1) is 27.8 Å². The van der Waals surface area contributed by atoms with Gasteiger partial charge in [0.1, 0.15) is 11.5 Å². The van der Waals surface area contributed by atoms with Crippen molar-refractivity contribution in [3.63, 3.8) is 0 Å². The maximum atomic E-state index is 13.8. The number of para-hydroxylation sites is 2. The minimum Gasteiger partial charge on any atom is -0.318 e. The Kier molecular flexibility index (Phi) is 3.98. The number of fused-ring (bicyclic) bond motifs is 1. The van der Waals surface area contributed by atoms with E-state index in [1.165, 1.54) is 6.20 Å². The zero-order valence-electron chi connectivity index (χ0n) is 12.5. The van der Waals surface area contributed by atoms with E-state index in [4.69, 9.17) is 0 Å². The molecule has 1 amide bonds. The average molecular weight is 345 g/mol. The summed E-state index contributed by atoms with van der Waals surface area (Å²) in [4.78, 5) is 20.4. The van der Waals surface area contributed by atoms with Gasteiger partial charge in [0.15, 0.2) is 9.84 Å². The van der Waals surface area contributed by atoms with Gasteiger partial charge in [-0.1, -0.05) is 12.1 Å². The maximum Gasteiger partial charge on any atom is 0.275 e. The Hall–Kier alpha value is -2.87. The predicted molar refractivity (Wildman–Crippen MR) is 87.0 cm³/mol. The predicted octanol–water partition coefficient (Wildman–Crippen LogP) is 2.42. The zero-order valence-corrected chi connectivity index (χ0v) is 13.3. The molecule has 1 N–H and O–H groups in total. The van der Waals surface area contributed by atoms with Crippen molar-refractivity contribution in [3.8, 4) is 0 Å². The number of sulfone groups is 1. The summed E-state index contributed by atoms with van der Waals surface area (Å²) in [5.41, 5.74) is 0.908. The highest BCUT2D eigenvalue weighted by atomic mass is 32.2. The van der Waals surface area contributed by atoms with Crippen molar-refractivity contribution in [2.24, 2.45) is 0 Å². The smallest absolute Gasteiger partial charge is 0.275 e. The van der Waals surface area contributed by atoms with Gasteiger partial charge in [-0.05, 0) is 30.3 Å². The highest BCUT2D eigenvalue weighted by Crippen LogP contribution is 2.20. The van der Waals surface area contributed by atoms with E-state index in [9.17, 15) is 17.6 Å². The van der Waals surface area contributed by atoms with Gasteiger partial charge in [-0.2, -0.15) is 0 Å². The molecule has 0 unspecified atom stereocenters. The molecule has 0 saturated heterocycles. The third-order valence-corrected chi connectivity index (χ3v) is 4.41. The lowest BCUT2D eigenvalue weighted by atomic mass is 10.2. The van der Waals surface area contributed by atoms with Gasteiger partial charge in [0.25, 0.3) is 5.91 Å². The Morgan fingerprint density at radius 2 is 1.83 bits per heavy atom. The first-order valence-electron chi connectivity index (χ1n) is 6.87. The van der Waals surface area contributed by atoms with Crippen LogP contribution in [0.5, 0.6) is 0 Å². The molecule has 122 valence electrons. The summed E-state index contributed by atoms with van der Waals surface area (Å²) in [7, 11) is -3.52. The minimum atomic E-state index is -3.52. The second-order valence-corrected chi connectivity index (χ2v) is 7.13. The van der Waals surface area contributed by atoms with Crippen LogP contribution in [0.4, 0.5) is 10.1 Å². The van der Waals surface area contributed by atoms with Crippen LogP contribution in [0.2, 0.25) is 0 Å². The molecule has 24 heavy (non-hydrogen) atoms. The minimum absolute atomic E-state index is 0.00198. The van der Waals surface area contributed by atoms with E-state index in [0.717, 1.165) is 24.5 Å². The van der Waals surface area contributed by atoms with Gasteiger partial charge in [-0.15, -0.1) is 0 Å². The lowest BCUT2D eigenvalue weighted by Gasteiger charge is -2.08. The molecule has 0 saturated carbocycles. The molecule has 0 radical (unpaired) electrons. The number of halogens is 1. The second-order valence-electron chi connectivity index (χ2n) is 5.11. The topological polar surface area (TPSA) is 89.0 Å². The van der Waals surface area contributed by atoms with E-state index in [1.54, 1.807) is 24.3 Å². The first-order chi connectivity index (χ1) is 11.3. The Bertz CT molecular complexity index is 1050. The number of amides is 1. The molecule has 6 nitrogen and oxygen atoms in total. The quantitative estimate of drug-likeness (QED) is 0.737. The highest BCUT2D eigenvalue weighted by Gasteiger charge is 2.15. The Labute approximate surface area is 137 Å². The van der Waals surface area contributed by atoms with Crippen LogP contribution in [0.25, 0.3) is 11.0 Å². The SMILES string of the molecule is CS(=O)(=O)c1ccc(F)c(NC(=O)c2cnc3ccccc3n2)c1. The standard InChI is InChI=1S/C16H12FN3O3S/c1-24(22,23)10-6-7-11(17)14(8-10)20-16(21)15-9-18-12-4-2-3-5-13(12)19-15/h2-9H,1H3,(H,20,21). The first-order valence-corrected chi connectivity index (χ1v) is 8.76. The lowest BCUT2D eigenvalue weighted by Crippen LogP contribution is -2.15. The van der Waals surface area contributed by atoms with E-state index in [0.29, 0.717) is 11.0 Å². The van der Waals surface area contributed by atoms with Crippen LogP contribution in [-0.2, 0) is 9.84 Å². The third-order valence-electron chi connectivity index (χ3n) is 3.30. The molecule has 2 aromatic carbocycles. The lowest BCUT2D eigenvalue weighted by molar-refractivity contribution is 0.102. The maximum absolute atomic E-state index is 13.8. The molecule has 3 aromatic rings. The molecule has 0 bridgehead atoms. The average Bonchev–Trinajstić information content (AvgIpc) is 2.55. The van der Waals surface area contributed by atoms with Gasteiger partial charge in [0, 0.05) is 6.26 Å². The molecular weight excluding hydrogens is 333 g/mol. The fourth-order valence-electron chi connectivity index (χ4n) is 2.08. The highest BCUT2D eigenvalue weighted by molar-refractivity contribution is 7.90. The second kappa shape index (κ2) is 5.97. The van der Waals surface area contributed by atoms with Gasteiger partial charge in [0.2, 0.25) is 0 Å². The summed E-state index contributed by atoms with van der Waals surface area (Å²) in [5, 5.41) is 2.32. The number of hydrogen-bond acceptors (Lipinski definition) is 5. The number of nitrogens with one attached hydrogen (secondary N) is 1. The van der Waals surface area contributed by atoms with Crippen molar-refractivity contribution in [1.82, 2.24) is 9.97 Å². The fourth-order valence-corrected chi connectivity index (χ4v) is 2.73. The fraction of sp³-hybridized carbons (Fsp3) is 0.0625. The van der Waals surface area contributed by atoms with Crippen molar-refractivity contribution >= 4 is 32.5 Å². The van der Waals surface area contributed by atoms with Crippen LogP contribution < -0.4 is 5.32 Å². The van der Waals surface area contributed by atoms with Crippen molar-refractivity contribution < 1.29 is 17.6 Å². The molecule has 0 aliphatic rings. The van der Waals surface area contributed by atoms with Crippen molar-refractivity contribution in [3.05, 3.63) is 60.2 Å². The molecule has 0 aliphatic carbocycles. The van der Waals surface area contributed by atoms with E-state index in [-0.39, 0.29) is 16.3 Å².